The van der Waals surface area contributed by atoms with Crippen LogP contribution in [0, 0.1) is 5.92 Å². The van der Waals surface area contributed by atoms with E-state index in [1.807, 2.05) is 0 Å². The first-order valence-corrected chi connectivity index (χ1v) is 5.81. The molecule has 1 aromatic heterocycles. The maximum Gasteiger partial charge on any atom is 0.324 e. The number of rotatable bonds is 4. The zero-order chi connectivity index (χ0) is 14.7. The molecule has 1 unspecified atom stereocenters. The summed E-state index contributed by atoms with van der Waals surface area (Å²) in [5.41, 5.74) is 0. The number of ether oxygens (including phenoxy) is 3. The van der Waals surface area contributed by atoms with E-state index in [1.54, 1.807) is 0 Å². The van der Waals surface area contributed by atoms with E-state index in [4.69, 9.17) is 9.47 Å². The van der Waals surface area contributed by atoms with Crippen LogP contribution in [0.5, 0.6) is 12.0 Å². The lowest BCUT2D eigenvalue weighted by atomic mass is 10.1. The third kappa shape index (κ3) is 2.60. The number of hydrogen-bond acceptors (Lipinski definition) is 8. The Balaban J connectivity index is 2.27. The molecular formula is C11H14N4O5. The first-order valence-electron chi connectivity index (χ1n) is 5.81. The minimum absolute atomic E-state index is 0.0289. The van der Waals surface area contributed by atoms with Crippen molar-refractivity contribution in [2.24, 2.45) is 5.92 Å². The minimum Gasteiger partial charge on any atom is -0.469 e. The van der Waals surface area contributed by atoms with Crippen LogP contribution in [0.1, 0.15) is 6.42 Å². The van der Waals surface area contributed by atoms with Crippen molar-refractivity contribution in [3.05, 3.63) is 0 Å². The molecular weight excluding hydrogens is 268 g/mol. The Morgan fingerprint density at radius 1 is 1.15 bits per heavy atom. The quantitative estimate of drug-likeness (QED) is 0.675. The summed E-state index contributed by atoms with van der Waals surface area (Å²) in [5, 5.41) is 0. The van der Waals surface area contributed by atoms with Gasteiger partial charge in [0.1, 0.15) is 0 Å². The summed E-state index contributed by atoms with van der Waals surface area (Å²) in [5.74, 6) is -1.14. The van der Waals surface area contributed by atoms with E-state index in [2.05, 4.69) is 19.7 Å². The van der Waals surface area contributed by atoms with Crippen LogP contribution in [0.4, 0.5) is 5.95 Å². The van der Waals surface area contributed by atoms with Gasteiger partial charge in [0.25, 0.3) is 0 Å². The van der Waals surface area contributed by atoms with Crippen LogP contribution in [0.2, 0.25) is 0 Å². The fourth-order valence-corrected chi connectivity index (χ4v) is 1.86. The number of carbonyl (C=O) groups is 2. The zero-order valence-electron chi connectivity index (χ0n) is 11.3. The highest BCUT2D eigenvalue weighted by atomic mass is 16.5. The summed E-state index contributed by atoms with van der Waals surface area (Å²) in [6, 6.07) is 0.0577. The highest BCUT2D eigenvalue weighted by molar-refractivity contribution is 5.98. The van der Waals surface area contributed by atoms with Gasteiger partial charge in [0.15, 0.2) is 0 Å². The third-order valence-electron chi connectivity index (χ3n) is 2.85. The number of hydrogen-bond donors (Lipinski definition) is 0. The van der Waals surface area contributed by atoms with Crippen molar-refractivity contribution >= 4 is 17.8 Å². The van der Waals surface area contributed by atoms with Gasteiger partial charge in [-0.3, -0.25) is 14.5 Å². The molecule has 1 aliphatic heterocycles. The normalized spacial score (nSPS) is 18.1. The van der Waals surface area contributed by atoms with E-state index >= 15 is 0 Å². The number of methoxy groups -OCH3 is 3. The molecule has 9 heteroatoms. The van der Waals surface area contributed by atoms with E-state index < -0.39 is 11.9 Å². The summed E-state index contributed by atoms with van der Waals surface area (Å²) in [6.45, 7) is 0.155. The standard InChI is InChI=1S/C11H14N4O5/c1-18-8(17)6-4-7(16)15(5-6)9-12-10(19-2)14-11(13-9)20-3/h6H,4-5H2,1-3H3. The van der Waals surface area contributed by atoms with Crippen LogP contribution >= 0.6 is 0 Å². The molecule has 20 heavy (non-hydrogen) atoms. The molecule has 0 bridgehead atoms. The van der Waals surface area contributed by atoms with E-state index in [9.17, 15) is 9.59 Å². The second-order valence-electron chi connectivity index (χ2n) is 4.04. The summed E-state index contributed by atoms with van der Waals surface area (Å²) in [7, 11) is 4.06. The molecule has 1 fully saturated rings. The van der Waals surface area contributed by atoms with Crippen molar-refractivity contribution in [1.29, 1.82) is 0 Å². The molecule has 1 amide bonds. The zero-order valence-corrected chi connectivity index (χ0v) is 11.3. The van der Waals surface area contributed by atoms with Gasteiger partial charge in [-0.2, -0.15) is 9.97 Å². The Morgan fingerprint density at radius 3 is 2.25 bits per heavy atom. The van der Waals surface area contributed by atoms with Gasteiger partial charge in [0.05, 0.1) is 27.2 Å². The smallest absolute Gasteiger partial charge is 0.324 e. The number of carbonyl (C=O) groups excluding carboxylic acids is 2. The highest BCUT2D eigenvalue weighted by Crippen LogP contribution is 2.25. The SMILES string of the molecule is COC(=O)C1CC(=O)N(c2nc(OC)nc(OC)n2)C1. The molecule has 0 saturated carbocycles. The molecule has 0 N–H and O–H groups in total. The van der Waals surface area contributed by atoms with Crippen LogP contribution < -0.4 is 14.4 Å². The highest BCUT2D eigenvalue weighted by Gasteiger charge is 2.37. The minimum atomic E-state index is -0.527. The van der Waals surface area contributed by atoms with Gasteiger partial charge in [0, 0.05) is 13.0 Å². The van der Waals surface area contributed by atoms with Crippen LogP contribution in [0.3, 0.4) is 0 Å². The van der Waals surface area contributed by atoms with Crippen molar-refractivity contribution in [3.63, 3.8) is 0 Å². The monoisotopic (exact) mass is 282 g/mol. The summed E-state index contributed by atoms with van der Waals surface area (Å²) >= 11 is 0. The molecule has 1 aliphatic rings. The van der Waals surface area contributed by atoms with Gasteiger partial charge < -0.3 is 14.2 Å². The van der Waals surface area contributed by atoms with E-state index in [-0.39, 0.29) is 36.8 Å². The molecule has 108 valence electrons. The Morgan fingerprint density at radius 2 is 1.75 bits per heavy atom. The lowest BCUT2D eigenvalue weighted by Gasteiger charge is -2.14. The third-order valence-corrected chi connectivity index (χ3v) is 2.85. The van der Waals surface area contributed by atoms with Gasteiger partial charge in [-0.05, 0) is 0 Å². The van der Waals surface area contributed by atoms with Crippen molar-refractivity contribution < 1.29 is 23.8 Å². The predicted molar refractivity (Wildman–Crippen MR) is 65.4 cm³/mol. The average molecular weight is 282 g/mol. The van der Waals surface area contributed by atoms with Gasteiger partial charge in [0.2, 0.25) is 11.9 Å². The molecule has 1 atom stereocenters. The van der Waals surface area contributed by atoms with Crippen molar-refractivity contribution in [1.82, 2.24) is 15.0 Å². The van der Waals surface area contributed by atoms with Gasteiger partial charge in [-0.15, -0.1) is 4.98 Å². The maximum absolute atomic E-state index is 11.9. The summed E-state index contributed by atoms with van der Waals surface area (Å²) < 4.78 is 14.5. The van der Waals surface area contributed by atoms with Crippen LogP contribution in [-0.2, 0) is 14.3 Å². The molecule has 0 aromatic carbocycles. The average Bonchev–Trinajstić information content (AvgIpc) is 2.87. The Bertz CT molecular complexity index is 513. The van der Waals surface area contributed by atoms with Crippen LogP contribution in [-0.4, -0.2) is 54.7 Å². The Kier molecular flexibility index (Phi) is 3.97. The fourth-order valence-electron chi connectivity index (χ4n) is 1.86. The summed E-state index contributed by atoms with van der Waals surface area (Å²) in [4.78, 5) is 36.5. The fraction of sp³-hybridized carbons (Fsp3) is 0.545. The van der Waals surface area contributed by atoms with Gasteiger partial charge in [-0.1, -0.05) is 0 Å². The molecule has 0 spiro atoms. The molecule has 9 nitrogen and oxygen atoms in total. The second kappa shape index (κ2) is 5.68. The Labute approximate surface area is 114 Å². The first kappa shape index (κ1) is 14.0. The van der Waals surface area contributed by atoms with Gasteiger partial charge in [-0.25, -0.2) is 0 Å². The van der Waals surface area contributed by atoms with Crippen molar-refractivity contribution in [2.75, 3.05) is 32.8 Å². The van der Waals surface area contributed by atoms with E-state index in [0.29, 0.717) is 0 Å². The number of esters is 1. The van der Waals surface area contributed by atoms with Crippen LogP contribution in [0.25, 0.3) is 0 Å². The number of anilines is 1. The van der Waals surface area contributed by atoms with Crippen molar-refractivity contribution in [2.45, 2.75) is 6.42 Å². The largest absolute Gasteiger partial charge is 0.469 e. The Hall–Kier alpha value is -2.45. The molecule has 2 heterocycles. The molecule has 0 aliphatic carbocycles. The number of amides is 1. The molecule has 1 saturated heterocycles. The number of nitrogens with zero attached hydrogens (tertiary/aromatic N) is 4. The summed E-state index contributed by atoms with van der Waals surface area (Å²) in [6.07, 6.45) is 0.0585. The maximum atomic E-state index is 11.9. The second-order valence-corrected chi connectivity index (χ2v) is 4.04. The first-order chi connectivity index (χ1) is 9.58. The van der Waals surface area contributed by atoms with E-state index in [1.165, 1.54) is 26.2 Å². The van der Waals surface area contributed by atoms with Crippen molar-refractivity contribution in [3.8, 4) is 12.0 Å². The van der Waals surface area contributed by atoms with Gasteiger partial charge >= 0.3 is 18.0 Å². The molecule has 2 rings (SSSR count). The number of aromatic nitrogens is 3. The lowest BCUT2D eigenvalue weighted by molar-refractivity contribution is -0.145. The lowest BCUT2D eigenvalue weighted by Crippen LogP contribution is -2.28. The van der Waals surface area contributed by atoms with Crippen LogP contribution in [0.15, 0.2) is 0 Å². The molecule has 1 aromatic rings. The molecule has 0 radical (unpaired) electrons. The predicted octanol–water partition coefficient (Wildman–Crippen LogP) is -0.585. The topological polar surface area (TPSA) is 104 Å². The van der Waals surface area contributed by atoms with E-state index in [0.717, 1.165) is 0 Å².